The van der Waals surface area contributed by atoms with Gasteiger partial charge in [0.15, 0.2) is 0 Å². The van der Waals surface area contributed by atoms with Crippen LogP contribution in [0.2, 0.25) is 5.02 Å². The van der Waals surface area contributed by atoms with Gasteiger partial charge < -0.3 is 10.6 Å². The number of nitrogens with zero attached hydrogens (tertiary/aromatic N) is 1. The van der Waals surface area contributed by atoms with Crippen LogP contribution in [0.4, 0.5) is 10.1 Å². The standard InChI is InChI=1S/C17H16ClFN2O/c1-10(20)14-9-11-7-8-13(19)16(18)15(11)17(22)21(14)12-5-3-2-4-6-12/h2-8,10,14H,9,20H2,1H3/t10-,14?/m0/s1. The molecule has 1 unspecified atom stereocenters. The number of nitrogens with two attached hydrogens (primary N) is 1. The molecule has 2 aromatic rings. The van der Waals surface area contributed by atoms with E-state index in [0.29, 0.717) is 6.42 Å². The minimum Gasteiger partial charge on any atom is -0.326 e. The minimum atomic E-state index is -0.582. The molecule has 2 atom stereocenters. The van der Waals surface area contributed by atoms with Gasteiger partial charge in [0.25, 0.3) is 5.91 Å². The Labute approximate surface area is 133 Å². The lowest BCUT2D eigenvalue weighted by atomic mass is 9.89. The number of anilines is 1. The van der Waals surface area contributed by atoms with Crippen molar-refractivity contribution >= 4 is 23.2 Å². The largest absolute Gasteiger partial charge is 0.326 e. The van der Waals surface area contributed by atoms with Gasteiger partial charge in [-0.05, 0) is 37.1 Å². The first-order valence-electron chi connectivity index (χ1n) is 7.11. The fourth-order valence-electron chi connectivity index (χ4n) is 2.90. The van der Waals surface area contributed by atoms with Gasteiger partial charge in [-0.2, -0.15) is 0 Å². The van der Waals surface area contributed by atoms with E-state index in [2.05, 4.69) is 0 Å². The van der Waals surface area contributed by atoms with Crippen LogP contribution >= 0.6 is 11.6 Å². The smallest absolute Gasteiger partial charge is 0.260 e. The van der Waals surface area contributed by atoms with Gasteiger partial charge in [0.1, 0.15) is 5.82 Å². The fourth-order valence-corrected chi connectivity index (χ4v) is 3.16. The van der Waals surface area contributed by atoms with E-state index in [4.69, 9.17) is 17.3 Å². The summed E-state index contributed by atoms with van der Waals surface area (Å²) in [4.78, 5) is 14.5. The lowest BCUT2D eigenvalue weighted by Gasteiger charge is -2.39. The molecule has 0 radical (unpaired) electrons. The summed E-state index contributed by atoms with van der Waals surface area (Å²) < 4.78 is 13.7. The summed E-state index contributed by atoms with van der Waals surface area (Å²) in [6.45, 7) is 1.87. The minimum absolute atomic E-state index is 0.119. The van der Waals surface area contributed by atoms with Crippen LogP contribution in [0, 0.1) is 5.82 Å². The van der Waals surface area contributed by atoms with Crippen molar-refractivity contribution in [3.8, 4) is 0 Å². The lowest BCUT2D eigenvalue weighted by Crippen LogP contribution is -2.54. The van der Waals surface area contributed by atoms with E-state index in [1.807, 2.05) is 37.3 Å². The van der Waals surface area contributed by atoms with E-state index >= 15 is 0 Å². The van der Waals surface area contributed by atoms with Gasteiger partial charge >= 0.3 is 0 Å². The highest BCUT2D eigenvalue weighted by atomic mass is 35.5. The molecule has 0 spiro atoms. The maximum absolute atomic E-state index is 13.7. The van der Waals surface area contributed by atoms with Gasteiger partial charge in [0, 0.05) is 11.7 Å². The van der Waals surface area contributed by atoms with E-state index in [1.165, 1.54) is 6.07 Å². The lowest BCUT2D eigenvalue weighted by molar-refractivity contribution is 0.0963. The summed E-state index contributed by atoms with van der Waals surface area (Å²) in [5.41, 5.74) is 7.80. The summed E-state index contributed by atoms with van der Waals surface area (Å²) in [5.74, 6) is -0.889. The molecule has 2 aromatic carbocycles. The second-order valence-corrected chi connectivity index (χ2v) is 5.91. The fraction of sp³-hybridized carbons (Fsp3) is 0.235. The van der Waals surface area contributed by atoms with E-state index in [1.54, 1.807) is 11.0 Å². The summed E-state index contributed by atoms with van der Waals surface area (Å²) in [7, 11) is 0. The molecular formula is C17H16ClFN2O. The van der Waals surface area contributed by atoms with Crippen molar-refractivity contribution < 1.29 is 9.18 Å². The van der Waals surface area contributed by atoms with Gasteiger partial charge in [-0.15, -0.1) is 0 Å². The Morgan fingerprint density at radius 2 is 1.95 bits per heavy atom. The summed E-state index contributed by atoms with van der Waals surface area (Å²) >= 11 is 6.03. The van der Waals surface area contributed by atoms with Gasteiger partial charge in [0.2, 0.25) is 0 Å². The molecule has 0 fully saturated rings. The molecule has 5 heteroatoms. The molecule has 1 aliphatic rings. The molecule has 0 aliphatic carbocycles. The molecule has 1 amide bonds. The van der Waals surface area contributed by atoms with Crippen molar-refractivity contribution in [3.63, 3.8) is 0 Å². The Hall–Kier alpha value is -1.91. The molecule has 1 heterocycles. The maximum atomic E-state index is 13.7. The zero-order chi connectivity index (χ0) is 15.9. The van der Waals surface area contributed by atoms with Crippen LogP contribution in [0.25, 0.3) is 0 Å². The highest BCUT2D eigenvalue weighted by Gasteiger charge is 2.37. The van der Waals surface area contributed by atoms with Crippen molar-refractivity contribution in [3.05, 3.63) is 64.4 Å². The van der Waals surface area contributed by atoms with Crippen molar-refractivity contribution in [2.75, 3.05) is 4.90 Å². The Morgan fingerprint density at radius 3 is 2.59 bits per heavy atom. The van der Waals surface area contributed by atoms with E-state index in [-0.39, 0.29) is 28.6 Å². The van der Waals surface area contributed by atoms with Crippen LogP contribution in [-0.2, 0) is 6.42 Å². The molecule has 3 nitrogen and oxygen atoms in total. The predicted octanol–water partition coefficient (Wildman–Crippen LogP) is 3.40. The molecule has 3 rings (SSSR count). The number of rotatable bonds is 2. The van der Waals surface area contributed by atoms with Crippen molar-refractivity contribution in [1.29, 1.82) is 0 Å². The van der Waals surface area contributed by atoms with Crippen LogP contribution in [0.1, 0.15) is 22.8 Å². The first-order valence-corrected chi connectivity index (χ1v) is 7.49. The number of halogens is 2. The summed E-state index contributed by atoms with van der Waals surface area (Å²) in [6, 6.07) is 11.8. The Bertz CT molecular complexity index is 718. The molecule has 1 aliphatic heterocycles. The van der Waals surface area contributed by atoms with E-state index < -0.39 is 5.82 Å². The Morgan fingerprint density at radius 1 is 1.27 bits per heavy atom. The topological polar surface area (TPSA) is 46.3 Å². The number of para-hydroxylation sites is 1. The maximum Gasteiger partial charge on any atom is 0.260 e. The quantitative estimate of drug-likeness (QED) is 0.922. The molecule has 0 aromatic heterocycles. The average molecular weight is 319 g/mol. The third-order valence-electron chi connectivity index (χ3n) is 4.02. The van der Waals surface area contributed by atoms with Crippen molar-refractivity contribution in [2.45, 2.75) is 25.4 Å². The second kappa shape index (κ2) is 5.71. The van der Waals surface area contributed by atoms with Crippen LogP contribution in [0.5, 0.6) is 0 Å². The molecule has 0 bridgehead atoms. The molecule has 114 valence electrons. The normalized spacial score (nSPS) is 19.0. The van der Waals surface area contributed by atoms with Gasteiger partial charge in [0.05, 0.1) is 16.6 Å². The number of carbonyl (C=O) groups is 1. The number of hydrogen-bond acceptors (Lipinski definition) is 2. The first-order chi connectivity index (χ1) is 10.5. The average Bonchev–Trinajstić information content (AvgIpc) is 2.51. The van der Waals surface area contributed by atoms with E-state index in [9.17, 15) is 9.18 Å². The number of amides is 1. The molecular weight excluding hydrogens is 303 g/mol. The molecule has 0 saturated heterocycles. The van der Waals surface area contributed by atoms with Gasteiger partial charge in [-0.3, -0.25) is 4.79 Å². The predicted molar refractivity (Wildman–Crippen MR) is 85.8 cm³/mol. The molecule has 0 saturated carbocycles. The summed E-state index contributed by atoms with van der Waals surface area (Å²) in [5, 5.41) is -0.119. The number of benzene rings is 2. The zero-order valence-electron chi connectivity index (χ0n) is 12.1. The Kier molecular flexibility index (Phi) is 3.89. The third kappa shape index (κ3) is 2.38. The van der Waals surface area contributed by atoms with Crippen LogP contribution in [-0.4, -0.2) is 18.0 Å². The van der Waals surface area contributed by atoms with Gasteiger partial charge in [-0.25, -0.2) is 4.39 Å². The number of carbonyl (C=O) groups excluding carboxylic acids is 1. The van der Waals surface area contributed by atoms with Crippen LogP contribution in [0.15, 0.2) is 42.5 Å². The van der Waals surface area contributed by atoms with E-state index in [0.717, 1.165) is 11.3 Å². The SMILES string of the molecule is C[C@H](N)C1Cc2ccc(F)c(Cl)c2C(=O)N1c1ccccc1. The summed E-state index contributed by atoms with van der Waals surface area (Å²) in [6.07, 6.45) is 0.549. The van der Waals surface area contributed by atoms with Crippen molar-refractivity contribution in [1.82, 2.24) is 0 Å². The van der Waals surface area contributed by atoms with Gasteiger partial charge in [-0.1, -0.05) is 35.9 Å². The molecule has 22 heavy (non-hydrogen) atoms. The highest BCUT2D eigenvalue weighted by molar-refractivity contribution is 6.35. The monoisotopic (exact) mass is 318 g/mol. The number of hydrogen-bond donors (Lipinski definition) is 1. The zero-order valence-corrected chi connectivity index (χ0v) is 12.8. The third-order valence-corrected chi connectivity index (χ3v) is 4.39. The van der Waals surface area contributed by atoms with Crippen LogP contribution < -0.4 is 10.6 Å². The first kappa shape index (κ1) is 15.0. The number of fused-ring (bicyclic) bond motifs is 1. The Balaban J connectivity index is 2.16. The highest BCUT2D eigenvalue weighted by Crippen LogP contribution is 2.34. The second-order valence-electron chi connectivity index (χ2n) is 5.54. The van der Waals surface area contributed by atoms with Crippen LogP contribution in [0.3, 0.4) is 0 Å². The van der Waals surface area contributed by atoms with Crippen molar-refractivity contribution in [2.24, 2.45) is 5.73 Å². The molecule has 2 N–H and O–H groups in total.